The van der Waals surface area contributed by atoms with Crippen LogP contribution in [0.3, 0.4) is 0 Å². The fourth-order valence-corrected chi connectivity index (χ4v) is 2.13. The molecular formula is C12H15F3N4O. The number of anilines is 1. The maximum absolute atomic E-state index is 12.3. The van der Waals surface area contributed by atoms with E-state index in [0.29, 0.717) is 0 Å². The van der Waals surface area contributed by atoms with Crippen molar-refractivity contribution in [3.63, 3.8) is 0 Å². The van der Waals surface area contributed by atoms with Gasteiger partial charge >= 0.3 is 6.18 Å². The predicted molar refractivity (Wildman–Crippen MR) is 67.0 cm³/mol. The van der Waals surface area contributed by atoms with Crippen LogP contribution in [0.25, 0.3) is 0 Å². The van der Waals surface area contributed by atoms with E-state index in [2.05, 4.69) is 4.98 Å². The molecule has 1 saturated heterocycles. The summed E-state index contributed by atoms with van der Waals surface area (Å²) in [6.07, 6.45) is -2.73. The first kappa shape index (κ1) is 14.6. The van der Waals surface area contributed by atoms with Crippen LogP contribution in [0.2, 0.25) is 0 Å². The molecule has 110 valence electrons. The van der Waals surface area contributed by atoms with E-state index >= 15 is 0 Å². The Hall–Kier alpha value is -1.83. The van der Waals surface area contributed by atoms with Gasteiger partial charge in [0.25, 0.3) is 5.91 Å². The zero-order chi connectivity index (χ0) is 14.8. The van der Waals surface area contributed by atoms with Crippen LogP contribution in [-0.2, 0) is 0 Å². The summed E-state index contributed by atoms with van der Waals surface area (Å²) in [7, 11) is 0. The average Bonchev–Trinajstić information content (AvgIpc) is 2.37. The smallest absolute Gasteiger partial charge is 0.383 e. The fraction of sp³-hybridized carbons (Fsp3) is 0.500. The van der Waals surface area contributed by atoms with Gasteiger partial charge in [-0.3, -0.25) is 9.69 Å². The molecule has 2 heterocycles. The van der Waals surface area contributed by atoms with Gasteiger partial charge in [0, 0.05) is 32.4 Å². The van der Waals surface area contributed by atoms with Gasteiger partial charge in [-0.25, -0.2) is 4.98 Å². The molecule has 0 aromatic carbocycles. The van der Waals surface area contributed by atoms with Crippen molar-refractivity contribution in [1.29, 1.82) is 0 Å². The summed E-state index contributed by atoms with van der Waals surface area (Å²) in [6.45, 7) is -0.0343. The molecule has 1 aromatic heterocycles. The Morgan fingerprint density at radius 1 is 1.30 bits per heavy atom. The lowest BCUT2D eigenvalue weighted by Crippen LogP contribution is -2.51. The van der Waals surface area contributed by atoms with Gasteiger partial charge in [-0.05, 0) is 12.1 Å². The molecular weight excluding hydrogens is 273 g/mol. The molecule has 8 heteroatoms. The molecule has 1 fully saturated rings. The molecule has 1 aliphatic rings. The number of pyridine rings is 1. The topological polar surface area (TPSA) is 62.5 Å². The molecule has 2 N–H and O–H groups in total. The first-order valence-electron chi connectivity index (χ1n) is 6.16. The van der Waals surface area contributed by atoms with E-state index in [9.17, 15) is 18.0 Å². The van der Waals surface area contributed by atoms with Crippen LogP contribution in [0, 0.1) is 0 Å². The highest BCUT2D eigenvalue weighted by molar-refractivity contribution is 5.98. The van der Waals surface area contributed by atoms with Crippen LogP contribution in [-0.4, -0.2) is 59.6 Å². The largest absolute Gasteiger partial charge is 0.401 e. The second-order valence-electron chi connectivity index (χ2n) is 4.62. The minimum Gasteiger partial charge on any atom is -0.383 e. The molecule has 0 spiro atoms. The maximum Gasteiger partial charge on any atom is 0.401 e. The third-order valence-electron chi connectivity index (χ3n) is 3.13. The molecule has 1 amide bonds. The van der Waals surface area contributed by atoms with Crippen LogP contribution >= 0.6 is 0 Å². The summed E-state index contributed by atoms with van der Waals surface area (Å²) in [4.78, 5) is 18.8. The molecule has 20 heavy (non-hydrogen) atoms. The van der Waals surface area contributed by atoms with Crippen LogP contribution in [0.15, 0.2) is 18.3 Å². The highest BCUT2D eigenvalue weighted by atomic mass is 19.4. The lowest BCUT2D eigenvalue weighted by Gasteiger charge is -2.35. The van der Waals surface area contributed by atoms with Gasteiger partial charge < -0.3 is 10.6 Å². The number of hydrogen-bond acceptors (Lipinski definition) is 4. The summed E-state index contributed by atoms with van der Waals surface area (Å²) in [5, 5.41) is 0. The van der Waals surface area contributed by atoms with E-state index in [1.54, 1.807) is 12.1 Å². The molecule has 1 aliphatic heterocycles. The van der Waals surface area contributed by atoms with E-state index in [1.807, 2.05) is 0 Å². The molecule has 1 aromatic rings. The molecule has 2 rings (SSSR count). The van der Waals surface area contributed by atoms with Crippen LogP contribution in [0.5, 0.6) is 0 Å². The monoisotopic (exact) mass is 288 g/mol. The molecule has 0 unspecified atom stereocenters. The Kier molecular flexibility index (Phi) is 4.12. The zero-order valence-corrected chi connectivity index (χ0v) is 10.7. The number of aromatic nitrogens is 1. The first-order chi connectivity index (χ1) is 9.37. The number of nitrogens with two attached hydrogens (primary N) is 1. The molecule has 0 bridgehead atoms. The standard InChI is InChI=1S/C12H15F3N4O/c13-12(14,15)8-18-4-6-19(7-5-18)11(20)9-2-1-3-17-10(9)16/h1-3H,4-8H2,(H2,16,17). The minimum absolute atomic E-state index is 0.134. The van der Waals surface area contributed by atoms with E-state index in [1.165, 1.54) is 16.0 Å². The van der Waals surface area contributed by atoms with Crippen LogP contribution in [0.4, 0.5) is 19.0 Å². The highest BCUT2D eigenvalue weighted by Crippen LogP contribution is 2.18. The van der Waals surface area contributed by atoms with Crippen molar-refractivity contribution in [2.24, 2.45) is 0 Å². The summed E-state index contributed by atoms with van der Waals surface area (Å²) >= 11 is 0. The van der Waals surface area contributed by atoms with Crippen molar-refractivity contribution in [2.75, 3.05) is 38.5 Å². The summed E-state index contributed by atoms with van der Waals surface area (Å²) in [6, 6.07) is 3.16. The highest BCUT2D eigenvalue weighted by Gasteiger charge is 2.33. The number of carbonyl (C=O) groups is 1. The quantitative estimate of drug-likeness (QED) is 0.881. The van der Waals surface area contributed by atoms with Crippen molar-refractivity contribution in [3.8, 4) is 0 Å². The number of nitrogens with zero attached hydrogens (tertiary/aromatic N) is 3. The molecule has 0 radical (unpaired) electrons. The number of hydrogen-bond donors (Lipinski definition) is 1. The second kappa shape index (κ2) is 5.66. The van der Waals surface area contributed by atoms with Gasteiger partial charge in [-0.15, -0.1) is 0 Å². The van der Waals surface area contributed by atoms with Gasteiger partial charge in [-0.1, -0.05) is 0 Å². The fourth-order valence-electron chi connectivity index (χ4n) is 2.13. The SMILES string of the molecule is Nc1ncccc1C(=O)N1CCN(CC(F)(F)F)CC1. The summed E-state index contributed by atoms with van der Waals surface area (Å²) in [5.41, 5.74) is 5.91. The Bertz CT molecular complexity index is 484. The Morgan fingerprint density at radius 3 is 2.50 bits per heavy atom. The van der Waals surface area contributed by atoms with E-state index < -0.39 is 12.7 Å². The predicted octanol–water partition coefficient (Wildman–Crippen LogP) is 0.984. The normalized spacial score (nSPS) is 17.2. The Labute approximate surface area is 114 Å². The van der Waals surface area contributed by atoms with E-state index in [4.69, 9.17) is 5.73 Å². The molecule has 5 nitrogen and oxygen atoms in total. The van der Waals surface area contributed by atoms with E-state index in [-0.39, 0.29) is 43.5 Å². The third-order valence-corrected chi connectivity index (χ3v) is 3.13. The van der Waals surface area contributed by atoms with Gasteiger partial charge in [-0.2, -0.15) is 13.2 Å². The lowest BCUT2D eigenvalue weighted by molar-refractivity contribution is -0.148. The number of alkyl halides is 3. The van der Waals surface area contributed by atoms with Gasteiger partial charge in [0.15, 0.2) is 0 Å². The van der Waals surface area contributed by atoms with Gasteiger partial charge in [0.2, 0.25) is 0 Å². The molecule has 0 aliphatic carbocycles. The maximum atomic E-state index is 12.3. The molecule has 0 saturated carbocycles. The Morgan fingerprint density at radius 2 is 1.95 bits per heavy atom. The number of nitrogen functional groups attached to an aromatic ring is 1. The second-order valence-corrected chi connectivity index (χ2v) is 4.62. The van der Waals surface area contributed by atoms with Crippen molar-refractivity contribution in [3.05, 3.63) is 23.9 Å². The average molecular weight is 288 g/mol. The third kappa shape index (κ3) is 3.60. The summed E-state index contributed by atoms with van der Waals surface area (Å²) < 4.78 is 36.8. The molecule has 0 atom stereocenters. The first-order valence-corrected chi connectivity index (χ1v) is 6.16. The van der Waals surface area contributed by atoms with Crippen molar-refractivity contribution in [2.45, 2.75) is 6.18 Å². The van der Waals surface area contributed by atoms with E-state index in [0.717, 1.165) is 0 Å². The number of halogens is 3. The Balaban J connectivity index is 1.94. The van der Waals surface area contributed by atoms with Crippen molar-refractivity contribution < 1.29 is 18.0 Å². The number of piperazine rings is 1. The van der Waals surface area contributed by atoms with Gasteiger partial charge in [0.05, 0.1) is 12.1 Å². The van der Waals surface area contributed by atoms with Crippen molar-refractivity contribution in [1.82, 2.24) is 14.8 Å². The van der Waals surface area contributed by atoms with Crippen LogP contribution < -0.4 is 5.73 Å². The summed E-state index contributed by atoms with van der Waals surface area (Å²) in [5.74, 6) is -0.155. The van der Waals surface area contributed by atoms with Gasteiger partial charge in [0.1, 0.15) is 5.82 Å². The number of rotatable bonds is 2. The zero-order valence-electron chi connectivity index (χ0n) is 10.7. The van der Waals surface area contributed by atoms with Crippen molar-refractivity contribution >= 4 is 11.7 Å². The lowest BCUT2D eigenvalue weighted by atomic mass is 10.2. The number of amides is 1. The van der Waals surface area contributed by atoms with Crippen LogP contribution in [0.1, 0.15) is 10.4 Å². The minimum atomic E-state index is -4.21. The number of carbonyl (C=O) groups excluding carboxylic acids is 1.